The number of anilines is 1. The summed E-state index contributed by atoms with van der Waals surface area (Å²) in [5, 5.41) is 24.3. The Bertz CT molecular complexity index is 1380. The number of esters is 1. The predicted molar refractivity (Wildman–Crippen MR) is 110 cm³/mol. The maximum absolute atomic E-state index is 13.2. The molecule has 0 radical (unpaired) electrons. The van der Waals surface area contributed by atoms with Crippen molar-refractivity contribution in [3.8, 4) is 17.1 Å². The largest absolute Gasteiger partial charge is 0.506 e. The Labute approximate surface area is 175 Å². The smallest absolute Gasteiger partial charge is 0.343 e. The van der Waals surface area contributed by atoms with Gasteiger partial charge in [0.2, 0.25) is 5.91 Å². The molecular formula is C22H19N3O6. The highest BCUT2D eigenvalue weighted by Crippen LogP contribution is 2.40. The van der Waals surface area contributed by atoms with Crippen LogP contribution in [0.1, 0.15) is 37.0 Å². The molecule has 2 aliphatic heterocycles. The van der Waals surface area contributed by atoms with Gasteiger partial charge >= 0.3 is 5.97 Å². The number of phenols is 1. The molecule has 1 amide bonds. The number of rotatable bonds is 2. The fraction of sp³-hybridized carbons (Fsp3) is 0.273. The van der Waals surface area contributed by atoms with Gasteiger partial charge in [-0.25, -0.2) is 9.78 Å². The fourth-order valence-corrected chi connectivity index (χ4v) is 4.35. The summed E-state index contributed by atoms with van der Waals surface area (Å²) >= 11 is 0. The van der Waals surface area contributed by atoms with Crippen molar-refractivity contribution in [1.82, 2.24) is 9.55 Å². The first-order valence-electron chi connectivity index (χ1n) is 9.85. The van der Waals surface area contributed by atoms with Crippen molar-refractivity contribution in [3.05, 3.63) is 51.3 Å². The molecule has 31 heavy (non-hydrogen) atoms. The Balaban J connectivity index is 1.76. The van der Waals surface area contributed by atoms with Gasteiger partial charge in [0.05, 0.1) is 34.7 Å². The highest BCUT2D eigenvalue weighted by molar-refractivity contribution is 6.03. The highest BCUT2D eigenvalue weighted by atomic mass is 16.6. The summed E-state index contributed by atoms with van der Waals surface area (Å²) in [6.07, 6.45) is 0.0685. The molecular weight excluding hydrogens is 402 g/mol. The van der Waals surface area contributed by atoms with Crippen molar-refractivity contribution in [2.45, 2.75) is 39.0 Å². The van der Waals surface area contributed by atoms with E-state index in [2.05, 4.69) is 10.3 Å². The molecule has 2 aliphatic rings. The van der Waals surface area contributed by atoms with E-state index < -0.39 is 11.6 Å². The maximum Gasteiger partial charge on any atom is 0.343 e. The minimum Gasteiger partial charge on any atom is -0.506 e. The van der Waals surface area contributed by atoms with E-state index in [0.717, 1.165) is 5.56 Å². The number of hydrogen-bond acceptors (Lipinski definition) is 7. The van der Waals surface area contributed by atoms with Crippen molar-refractivity contribution in [3.63, 3.8) is 0 Å². The fourth-order valence-electron chi connectivity index (χ4n) is 4.35. The van der Waals surface area contributed by atoms with Gasteiger partial charge in [0.15, 0.2) is 5.60 Å². The van der Waals surface area contributed by atoms with Crippen molar-refractivity contribution in [2.24, 2.45) is 0 Å². The van der Waals surface area contributed by atoms with Crippen molar-refractivity contribution >= 4 is 28.5 Å². The summed E-state index contributed by atoms with van der Waals surface area (Å²) in [5.41, 5.74) is 0.803. The number of carbonyl (C=O) groups excluding carboxylic acids is 2. The quantitative estimate of drug-likeness (QED) is 0.332. The summed E-state index contributed by atoms with van der Waals surface area (Å²) in [6, 6.07) is 6.48. The summed E-state index contributed by atoms with van der Waals surface area (Å²) < 4.78 is 6.60. The summed E-state index contributed by atoms with van der Waals surface area (Å²) in [4.78, 5) is 41.7. The van der Waals surface area contributed by atoms with Crippen LogP contribution in [-0.4, -0.2) is 31.6 Å². The first-order chi connectivity index (χ1) is 14.7. The molecule has 3 N–H and O–H groups in total. The van der Waals surface area contributed by atoms with Crippen LogP contribution in [0.15, 0.2) is 29.1 Å². The first kappa shape index (κ1) is 19.3. The third-order valence-corrected chi connectivity index (χ3v) is 5.97. The molecule has 158 valence electrons. The van der Waals surface area contributed by atoms with Crippen LogP contribution in [0, 0.1) is 0 Å². The van der Waals surface area contributed by atoms with Crippen LogP contribution >= 0.6 is 0 Å². The van der Waals surface area contributed by atoms with Crippen molar-refractivity contribution in [2.75, 3.05) is 5.32 Å². The summed E-state index contributed by atoms with van der Waals surface area (Å²) in [7, 11) is 0. The van der Waals surface area contributed by atoms with E-state index in [-0.39, 0.29) is 53.6 Å². The van der Waals surface area contributed by atoms with E-state index in [0.29, 0.717) is 22.3 Å². The molecule has 2 aromatic heterocycles. The molecule has 9 nitrogen and oxygen atoms in total. The van der Waals surface area contributed by atoms with Crippen LogP contribution < -0.4 is 10.9 Å². The molecule has 0 saturated carbocycles. The molecule has 0 bridgehead atoms. The Morgan fingerprint density at radius 2 is 2.10 bits per heavy atom. The molecule has 9 heteroatoms. The topological polar surface area (TPSA) is 131 Å². The van der Waals surface area contributed by atoms with Crippen LogP contribution in [0.4, 0.5) is 5.69 Å². The molecule has 1 aromatic carbocycles. The van der Waals surface area contributed by atoms with Gasteiger partial charge < -0.3 is 24.8 Å². The number of nitrogens with zero attached hydrogens (tertiary/aromatic N) is 2. The number of phenolic OH excluding ortho intramolecular Hbond substituents is 1. The molecule has 0 aliphatic carbocycles. The van der Waals surface area contributed by atoms with Gasteiger partial charge in [-0.3, -0.25) is 9.59 Å². The lowest BCUT2D eigenvalue weighted by Crippen LogP contribution is -2.44. The Morgan fingerprint density at radius 1 is 1.32 bits per heavy atom. The molecule has 0 saturated heterocycles. The van der Waals surface area contributed by atoms with Gasteiger partial charge in [-0.15, -0.1) is 0 Å². The van der Waals surface area contributed by atoms with Crippen LogP contribution in [0.2, 0.25) is 0 Å². The lowest BCUT2D eigenvalue weighted by atomic mass is 9.86. The van der Waals surface area contributed by atoms with E-state index >= 15 is 0 Å². The minimum atomic E-state index is -1.88. The minimum absolute atomic E-state index is 0.0685. The number of ether oxygens (including phenoxy) is 1. The summed E-state index contributed by atoms with van der Waals surface area (Å²) in [5.74, 6) is -1.19. The zero-order valence-corrected chi connectivity index (χ0v) is 16.9. The molecule has 0 fully saturated rings. The molecule has 0 spiro atoms. The third kappa shape index (κ3) is 2.59. The first-order valence-corrected chi connectivity index (χ1v) is 9.85. The number of benzene rings is 1. The van der Waals surface area contributed by atoms with Gasteiger partial charge in [0.25, 0.3) is 5.56 Å². The number of hydrogen-bond donors (Lipinski definition) is 3. The van der Waals surface area contributed by atoms with Crippen LogP contribution in [0.25, 0.3) is 22.3 Å². The monoisotopic (exact) mass is 421 g/mol. The Morgan fingerprint density at radius 3 is 2.81 bits per heavy atom. The van der Waals surface area contributed by atoms with E-state index in [1.54, 1.807) is 25.1 Å². The Hall–Kier alpha value is -3.72. The second-order valence-electron chi connectivity index (χ2n) is 7.81. The second-order valence-corrected chi connectivity index (χ2v) is 7.81. The average molecular weight is 421 g/mol. The zero-order chi connectivity index (χ0) is 22.1. The molecule has 1 atom stereocenters. The summed E-state index contributed by atoms with van der Waals surface area (Å²) in [6.45, 7) is 3.03. The number of aromatic hydroxyl groups is 1. The number of fused-ring (bicyclic) bond motifs is 5. The molecule has 4 heterocycles. The third-order valence-electron chi connectivity index (χ3n) is 5.97. The standard InChI is InChI=1S/C22H19N3O6/c1-3-22(30)14-7-16-18-11(8-25(16)20(28)13(14)9-31-21(22)29)6-12-15(24-18)4-5-17(27)19(12)23-10(2)26/h4-7,27,30H,3,8-9H2,1-2H3,(H,23,26)/t22-/m0/s1. The lowest BCUT2D eigenvalue weighted by Gasteiger charge is -2.31. The number of carbonyl (C=O) groups is 2. The van der Waals surface area contributed by atoms with E-state index in [1.807, 2.05) is 0 Å². The van der Waals surface area contributed by atoms with Gasteiger partial charge in [-0.1, -0.05) is 6.92 Å². The maximum atomic E-state index is 13.2. The Kier molecular flexibility index (Phi) is 3.97. The average Bonchev–Trinajstić information content (AvgIpc) is 3.10. The van der Waals surface area contributed by atoms with Crippen LogP contribution in [-0.2, 0) is 33.1 Å². The van der Waals surface area contributed by atoms with Crippen LogP contribution in [0.3, 0.4) is 0 Å². The van der Waals surface area contributed by atoms with Crippen molar-refractivity contribution in [1.29, 1.82) is 0 Å². The molecule has 5 rings (SSSR count). The number of nitrogens with one attached hydrogen (secondary N) is 1. The van der Waals surface area contributed by atoms with Gasteiger partial charge in [0, 0.05) is 23.4 Å². The van der Waals surface area contributed by atoms with Gasteiger partial charge in [-0.05, 0) is 30.7 Å². The molecule has 3 aromatic rings. The van der Waals surface area contributed by atoms with Gasteiger partial charge in [0.1, 0.15) is 12.4 Å². The predicted octanol–water partition coefficient (Wildman–Crippen LogP) is 1.74. The SMILES string of the molecule is CC[C@@]1(O)C(=O)OCc2c1cc1n(c2=O)Cc2cc3c(NC(C)=O)c(O)ccc3nc2-1. The lowest BCUT2D eigenvalue weighted by molar-refractivity contribution is -0.172. The van der Waals surface area contributed by atoms with E-state index in [4.69, 9.17) is 4.74 Å². The van der Waals surface area contributed by atoms with Crippen molar-refractivity contribution < 1.29 is 24.5 Å². The normalized spacial score (nSPS) is 18.9. The second kappa shape index (κ2) is 6.39. The van der Waals surface area contributed by atoms with Gasteiger partial charge in [-0.2, -0.15) is 0 Å². The number of cyclic esters (lactones) is 1. The van der Waals surface area contributed by atoms with E-state index in [1.165, 1.54) is 17.6 Å². The molecule has 0 unspecified atom stereocenters. The number of amides is 1. The zero-order valence-electron chi connectivity index (χ0n) is 16.9. The number of aromatic nitrogens is 2. The van der Waals surface area contributed by atoms with Crippen LogP contribution in [0.5, 0.6) is 5.75 Å². The highest BCUT2D eigenvalue weighted by Gasteiger charge is 2.45. The number of aliphatic hydroxyl groups is 1. The van der Waals surface area contributed by atoms with E-state index in [9.17, 15) is 24.6 Å². The number of pyridine rings is 2.